The number of fused-ring (bicyclic) bond motifs is 4. The number of aryl methyl sites for hydroxylation is 2. The maximum atomic E-state index is 8.07. The van der Waals surface area contributed by atoms with Crippen LogP contribution in [0.4, 0.5) is 34.1 Å². The molecule has 0 spiro atoms. The maximum absolute atomic E-state index is 8.07. The SMILES string of the molecule is [2H]C([2H])([2H])c1ccnc(-c2ccccc2N2c3ccccc3B3c4ccccc4N(c4ccccc4-c4cc(C([2H])([2H])[2H])ccn4)c4cccc2c43)c1. The lowest BCUT2D eigenvalue weighted by Gasteiger charge is -2.44. The van der Waals surface area contributed by atoms with Gasteiger partial charge in [0.1, 0.15) is 0 Å². The third-order valence-corrected chi connectivity index (χ3v) is 9.17. The molecule has 9 rings (SSSR count). The second-order valence-corrected chi connectivity index (χ2v) is 11.8. The van der Waals surface area contributed by atoms with E-state index in [0.717, 1.165) is 61.6 Å². The molecule has 0 unspecified atom stereocenters. The monoisotopic (exact) mass is 608 g/mol. The third kappa shape index (κ3) is 4.31. The smallest absolute Gasteiger partial charge is 0.252 e. The highest BCUT2D eigenvalue weighted by Crippen LogP contribution is 2.47. The summed E-state index contributed by atoms with van der Waals surface area (Å²) in [7, 11) is 0. The number of hydrogen-bond donors (Lipinski definition) is 0. The first-order valence-corrected chi connectivity index (χ1v) is 15.6. The Morgan fingerprint density at radius 3 is 1.38 bits per heavy atom. The Kier molecular flexibility index (Phi) is 5.02. The number of para-hydroxylation sites is 4. The molecule has 2 aliphatic rings. The molecule has 0 radical (unpaired) electrons. The van der Waals surface area contributed by atoms with Crippen molar-refractivity contribution in [3.8, 4) is 22.5 Å². The summed E-state index contributed by atoms with van der Waals surface area (Å²) in [6.07, 6.45) is 3.13. The Bertz CT molecular complexity index is 2380. The fourth-order valence-corrected chi connectivity index (χ4v) is 7.28. The highest BCUT2D eigenvalue weighted by Gasteiger charge is 2.43. The van der Waals surface area contributed by atoms with Crippen LogP contribution in [-0.2, 0) is 0 Å². The number of rotatable bonds is 4. The Balaban J connectivity index is 1.29. The Labute approximate surface area is 284 Å². The first-order chi connectivity index (χ1) is 25.6. The van der Waals surface area contributed by atoms with Gasteiger partial charge in [-0.3, -0.25) is 9.97 Å². The van der Waals surface area contributed by atoms with Crippen molar-refractivity contribution in [3.05, 3.63) is 163 Å². The summed E-state index contributed by atoms with van der Waals surface area (Å²) in [6.45, 7) is -4.63. The van der Waals surface area contributed by atoms with E-state index in [4.69, 9.17) is 8.22 Å². The molecule has 47 heavy (non-hydrogen) atoms. The highest BCUT2D eigenvalue weighted by atomic mass is 15.2. The molecule has 4 nitrogen and oxygen atoms in total. The van der Waals surface area contributed by atoms with Crippen LogP contribution in [0.2, 0.25) is 0 Å². The van der Waals surface area contributed by atoms with Gasteiger partial charge in [0.2, 0.25) is 0 Å². The van der Waals surface area contributed by atoms with E-state index in [9.17, 15) is 0 Å². The van der Waals surface area contributed by atoms with Crippen LogP contribution in [0.5, 0.6) is 0 Å². The average Bonchev–Trinajstić information content (AvgIpc) is 3.17. The topological polar surface area (TPSA) is 32.3 Å². The fourth-order valence-electron chi connectivity index (χ4n) is 7.28. The number of nitrogens with zero attached hydrogens (tertiary/aromatic N) is 4. The van der Waals surface area contributed by atoms with Gasteiger partial charge in [-0.05, 0) is 102 Å². The zero-order valence-electron chi connectivity index (χ0n) is 31.3. The molecular weight excluding hydrogens is 571 g/mol. The molecule has 0 aliphatic carbocycles. The fraction of sp³-hybridized carbons (Fsp3) is 0.0476. The van der Waals surface area contributed by atoms with E-state index in [1.54, 1.807) is 36.7 Å². The normalized spacial score (nSPS) is 15.2. The molecule has 0 atom stereocenters. The molecule has 0 saturated heterocycles. The number of pyridine rings is 2. The summed E-state index contributed by atoms with van der Waals surface area (Å²) in [5, 5.41) is 0. The summed E-state index contributed by atoms with van der Waals surface area (Å²) >= 11 is 0. The Hall–Kier alpha value is -5.94. The standard InChI is InChI=1S/C42H31BN4/c1-28-22-24-44-34(26-28)30-12-3-7-16-36(30)46-38-18-9-5-14-32(38)43-33-15-6-10-19-39(33)47(41-21-11-20-40(46)42(41)43)37-17-8-4-13-31(37)35-27-29(2)23-25-45-35/h3-27H,1-2H3/i1D3,2D3. The molecule has 7 aromatic rings. The largest absolute Gasteiger partial charge is 0.311 e. The minimum absolute atomic E-state index is 0.0885. The molecule has 0 saturated carbocycles. The second kappa shape index (κ2) is 10.9. The van der Waals surface area contributed by atoms with Crippen molar-refractivity contribution in [1.29, 1.82) is 0 Å². The number of anilines is 6. The second-order valence-electron chi connectivity index (χ2n) is 11.8. The summed E-state index contributed by atoms with van der Waals surface area (Å²) in [5.74, 6) is 0. The summed E-state index contributed by atoms with van der Waals surface area (Å²) in [5.41, 5.74) is 12.4. The van der Waals surface area contributed by atoms with Crippen molar-refractivity contribution in [3.63, 3.8) is 0 Å². The van der Waals surface area contributed by atoms with Crippen LogP contribution in [0.3, 0.4) is 0 Å². The van der Waals surface area contributed by atoms with Crippen molar-refractivity contribution >= 4 is 57.2 Å². The average molecular weight is 609 g/mol. The van der Waals surface area contributed by atoms with Crippen molar-refractivity contribution < 1.29 is 8.22 Å². The Morgan fingerprint density at radius 2 is 0.894 bits per heavy atom. The first kappa shape index (κ1) is 21.7. The molecule has 0 amide bonds. The van der Waals surface area contributed by atoms with Gasteiger partial charge >= 0.3 is 0 Å². The minimum atomic E-state index is -2.27. The molecule has 222 valence electrons. The predicted octanol–water partition coefficient (Wildman–Crippen LogP) is 8.51. The summed E-state index contributed by atoms with van der Waals surface area (Å²) < 4.78 is 48.4. The van der Waals surface area contributed by atoms with Gasteiger partial charge in [0.15, 0.2) is 0 Å². The quantitative estimate of drug-likeness (QED) is 0.188. The van der Waals surface area contributed by atoms with Gasteiger partial charge in [-0.1, -0.05) is 78.9 Å². The number of hydrogen-bond acceptors (Lipinski definition) is 4. The molecule has 0 bridgehead atoms. The Morgan fingerprint density at radius 1 is 0.468 bits per heavy atom. The van der Waals surface area contributed by atoms with Gasteiger partial charge in [-0.2, -0.15) is 0 Å². The van der Waals surface area contributed by atoms with Gasteiger partial charge in [0, 0.05) is 54.5 Å². The summed E-state index contributed by atoms with van der Waals surface area (Å²) in [6, 6.07) is 45.7. The molecule has 5 aromatic carbocycles. The van der Waals surface area contributed by atoms with Crippen LogP contribution in [0.1, 0.15) is 19.4 Å². The van der Waals surface area contributed by atoms with Crippen LogP contribution in [0.25, 0.3) is 22.5 Å². The lowest BCUT2D eigenvalue weighted by atomic mass is 9.33. The van der Waals surface area contributed by atoms with Crippen molar-refractivity contribution in [2.24, 2.45) is 0 Å². The number of benzene rings is 5. The van der Waals surface area contributed by atoms with Gasteiger partial charge < -0.3 is 9.80 Å². The van der Waals surface area contributed by atoms with E-state index in [-0.39, 0.29) is 17.8 Å². The third-order valence-electron chi connectivity index (χ3n) is 9.17. The molecular formula is C42H31BN4. The van der Waals surface area contributed by atoms with Gasteiger partial charge in [0.25, 0.3) is 6.71 Å². The highest BCUT2D eigenvalue weighted by molar-refractivity contribution is 7.00. The molecule has 0 fully saturated rings. The van der Waals surface area contributed by atoms with Gasteiger partial charge in [0.05, 0.1) is 22.8 Å². The number of aromatic nitrogens is 2. The van der Waals surface area contributed by atoms with Gasteiger partial charge in [-0.25, -0.2) is 0 Å². The first-order valence-electron chi connectivity index (χ1n) is 18.6. The molecule has 0 N–H and O–H groups in total. The lowest BCUT2D eigenvalue weighted by Crippen LogP contribution is -2.61. The minimum Gasteiger partial charge on any atom is -0.311 e. The van der Waals surface area contributed by atoms with E-state index in [2.05, 4.69) is 98.6 Å². The van der Waals surface area contributed by atoms with E-state index in [1.807, 2.05) is 36.4 Å². The van der Waals surface area contributed by atoms with Crippen molar-refractivity contribution in [1.82, 2.24) is 9.97 Å². The van der Waals surface area contributed by atoms with E-state index >= 15 is 0 Å². The van der Waals surface area contributed by atoms with E-state index in [1.165, 1.54) is 0 Å². The molecule has 5 heteroatoms. The molecule has 2 aromatic heterocycles. The molecule has 2 aliphatic heterocycles. The zero-order valence-corrected chi connectivity index (χ0v) is 25.3. The maximum Gasteiger partial charge on any atom is 0.252 e. The van der Waals surface area contributed by atoms with Crippen molar-refractivity contribution in [2.75, 3.05) is 9.80 Å². The van der Waals surface area contributed by atoms with E-state index < -0.39 is 13.7 Å². The van der Waals surface area contributed by atoms with Gasteiger partial charge in [-0.15, -0.1) is 0 Å². The van der Waals surface area contributed by atoms with Crippen LogP contribution >= 0.6 is 0 Å². The molecule has 4 heterocycles. The van der Waals surface area contributed by atoms with Crippen LogP contribution in [0.15, 0.2) is 152 Å². The van der Waals surface area contributed by atoms with Crippen LogP contribution in [-0.4, -0.2) is 16.7 Å². The van der Waals surface area contributed by atoms with Crippen LogP contribution in [0, 0.1) is 13.7 Å². The predicted molar refractivity (Wildman–Crippen MR) is 196 cm³/mol. The zero-order chi connectivity index (χ0) is 36.5. The van der Waals surface area contributed by atoms with Crippen LogP contribution < -0.4 is 26.2 Å². The summed E-state index contributed by atoms with van der Waals surface area (Å²) in [4.78, 5) is 13.9. The lowest BCUT2D eigenvalue weighted by molar-refractivity contribution is 1.23. The van der Waals surface area contributed by atoms with E-state index in [0.29, 0.717) is 11.4 Å². The van der Waals surface area contributed by atoms with Crippen molar-refractivity contribution in [2.45, 2.75) is 13.7 Å².